The number of amides is 1. The third-order valence-electron chi connectivity index (χ3n) is 5.95. The average Bonchev–Trinajstić information content (AvgIpc) is 3.29. The zero-order chi connectivity index (χ0) is 22.9. The Hall–Kier alpha value is -3.71. The first-order valence-corrected chi connectivity index (χ1v) is 11.6. The predicted molar refractivity (Wildman–Crippen MR) is 133 cm³/mol. The Labute approximate surface area is 195 Å². The van der Waals surface area contributed by atoms with Crippen molar-refractivity contribution < 1.29 is 9.53 Å². The van der Waals surface area contributed by atoms with Crippen LogP contribution in [0.4, 0.5) is 11.4 Å². The number of ether oxygens (including phenoxy) is 1. The van der Waals surface area contributed by atoms with Gasteiger partial charge in [-0.1, -0.05) is 60.7 Å². The summed E-state index contributed by atoms with van der Waals surface area (Å²) in [6, 6.07) is 22.7. The number of anilines is 2. The number of fused-ring (bicyclic) bond motifs is 2. The summed E-state index contributed by atoms with van der Waals surface area (Å²) in [5.74, 6) is 0.736. The number of hydrogen-bond donors (Lipinski definition) is 2. The summed E-state index contributed by atoms with van der Waals surface area (Å²) in [5.41, 5.74) is 8.53. The quantitative estimate of drug-likeness (QED) is 0.462. The van der Waals surface area contributed by atoms with Crippen molar-refractivity contribution in [1.82, 2.24) is 4.57 Å². The molecule has 1 amide bonds. The summed E-state index contributed by atoms with van der Waals surface area (Å²) in [6.45, 7) is 0. The molecule has 0 fully saturated rings. The van der Waals surface area contributed by atoms with Crippen LogP contribution in [0.5, 0.6) is 5.75 Å². The van der Waals surface area contributed by atoms with Crippen LogP contribution in [-0.2, 0) is 11.2 Å². The van der Waals surface area contributed by atoms with Crippen molar-refractivity contribution in [1.29, 1.82) is 0 Å². The van der Waals surface area contributed by atoms with E-state index in [0.29, 0.717) is 34.2 Å². The van der Waals surface area contributed by atoms with E-state index < -0.39 is 6.04 Å². The van der Waals surface area contributed by atoms with Gasteiger partial charge in [0, 0.05) is 23.4 Å². The third kappa shape index (κ3) is 3.74. The second-order valence-corrected chi connectivity index (χ2v) is 8.91. The van der Waals surface area contributed by atoms with E-state index in [1.807, 2.05) is 54.6 Å². The Kier molecular flexibility index (Phi) is 5.56. The number of aromatic nitrogens is 1. The largest absolute Gasteiger partial charge is 0.494 e. The van der Waals surface area contributed by atoms with Crippen molar-refractivity contribution >= 4 is 39.8 Å². The number of benzene rings is 3. The van der Waals surface area contributed by atoms with Gasteiger partial charge < -0.3 is 15.8 Å². The highest BCUT2D eigenvalue weighted by Gasteiger charge is 2.35. The molecule has 7 heteroatoms. The molecule has 1 aliphatic rings. The van der Waals surface area contributed by atoms with Gasteiger partial charge in [-0.15, -0.1) is 11.8 Å². The number of para-hydroxylation sites is 1. The minimum Gasteiger partial charge on any atom is -0.494 e. The van der Waals surface area contributed by atoms with Gasteiger partial charge in [-0.25, -0.2) is 0 Å². The number of methoxy groups -OCH3 is 1. The smallest absolute Gasteiger partial charge is 0.275 e. The van der Waals surface area contributed by atoms with Crippen LogP contribution < -0.4 is 21.3 Å². The number of rotatable bonds is 5. The molecule has 5 rings (SSSR count). The van der Waals surface area contributed by atoms with E-state index >= 15 is 0 Å². The lowest BCUT2D eigenvalue weighted by Gasteiger charge is -2.19. The molecule has 0 aliphatic carbocycles. The van der Waals surface area contributed by atoms with Crippen LogP contribution in [-0.4, -0.2) is 23.3 Å². The summed E-state index contributed by atoms with van der Waals surface area (Å²) in [6.07, 6.45) is 0.459. The van der Waals surface area contributed by atoms with Crippen LogP contribution in [0.25, 0.3) is 10.8 Å². The van der Waals surface area contributed by atoms with Gasteiger partial charge in [0.05, 0.1) is 7.11 Å². The number of pyridine rings is 1. The average molecular weight is 458 g/mol. The van der Waals surface area contributed by atoms with Gasteiger partial charge in [0.25, 0.3) is 5.56 Å². The van der Waals surface area contributed by atoms with E-state index in [9.17, 15) is 9.59 Å². The molecule has 3 N–H and O–H groups in total. The standard InChI is InChI=1S/C26H23N3O3S/c1-32-23-20(14-17-10-7-9-16-8-5-6-13-19(16)17)22(27)25(31)29-21(15-33-26(23)29)24(30)28-18-11-3-2-4-12-18/h2-13,21H,14-15,27H2,1H3,(H,28,30)/t21-/m0/s1. The van der Waals surface area contributed by atoms with E-state index in [0.717, 1.165) is 16.3 Å². The Morgan fingerprint density at radius 1 is 1.09 bits per heavy atom. The topological polar surface area (TPSA) is 86.3 Å². The van der Waals surface area contributed by atoms with Gasteiger partial charge >= 0.3 is 0 Å². The number of nitrogens with one attached hydrogen (secondary N) is 1. The lowest BCUT2D eigenvalue weighted by molar-refractivity contribution is -0.118. The number of carbonyl (C=O) groups is 1. The number of carbonyl (C=O) groups excluding carboxylic acids is 1. The first-order valence-electron chi connectivity index (χ1n) is 10.6. The van der Waals surface area contributed by atoms with Crippen LogP contribution >= 0.6 is 11.8 Å². The maximum absolute atomic E-state index is 13.4. The first kappa shape index (κ1) is 21.2. The number of nitrogens with zero attached hydrogens (tertiary/aromatic N) is 1. The molecule has 0 spiro atoms. The second kappa shape index (κ2) is 8.67. The maximum Gasteiger partial charge on any atom is 0.275 e. The van der Waals surface area contributed by atoms with E-state index in [1.165, 1.54) is 16.3 Å². The molecule has 1 aliphatic heterocycles. The number of nitrogens with two attached hydrogens (primary N) is 1. The Morgan fingerprint density at radius 2 is 1.82 bits per heavy atom. The number of nitrogen functional groups attached to an aromatic ring is 1. The Balaban J connectivity index is 1.56. The summed E-state index contributed by atoms with van der Waals surface area (Å²) in [4.78, 5) is 26.4. The van der Waals surface area contributed by atoms with Crippen molar-refractivity contribution in [3.8, 4) is 5.75 Å². The molecule has 1 atom stereocenters. The zero-order valence-electron chi connectivity index (χ0n) is 18.1. The van der Waals surface area contributed by atoms with Gasteiger partial charge in [0.1, 0.15) is 16.8 Å². The summed E-state index contributed by atoms with van der Waals surface area (Å²) in [5, 5.41) is 5.76. The Morgan fingerprint density at radius 3 is 2.61 bits per heavy atom. The van der Waals surface area contributed by atoms with Crippen molar-refractivity contribution in [2.24, 2.45) is 0 Å². The van der Waals surface area contributed by atoms with Crippen molar-refractivity contribution in [2.75, 3.05) is 23.9 Å². The molecule has 2 heterocycles. The molecule has 0 saturated carbocycles. The van der Waals surface area contributed by atoms with Crippen molar-refractivity contribution in [2.45, 2.75) is 17.5 Å². The van der Waals surface area contributed by atoms with Crippen LogP contribution in [0.3, 0.4) is 0 Å². The maximum atomic E-state index is 13.4. The SMILES string of the molecule is COc1c(Cc2cccc3ccccc23)c(N)c(=O)n2c1SC[C@H]2C(=O)Nc1ccccc1. The van der Waals surface area contributed by atoms with Crippen molar-refractivity contribution in [3.05, 3.63) is 94.3 Å². The molecular weight excluding hydrogens is 434 g/mol. The molecule has 0 saturated heterocycles. The molecular formula is C26H23N3O3S. The van der Waals surface area contributed by atoms with Crippen LogP contribution in [0.1, 0.15) is 17.2 Å². The van der Waals surface area contributed by atoms with Crippen LogP contribution in [0.2, 0.25) is 0 Å². The molecule has 3 aromatic carbocycles. The minimum absolute atomic E-state index is 0.114. The lowest BCUT2D eigenvalue weighted by Crippen LogP contribution is -2.34. The van der Waals surface area contributed by atoms with Crippen molar-refractivity contribution in [3.63, 3.8) is 0 Å². The number of hydrogen-bond acceptors (Lipinski definition) is 5. The van der Waals surface area contributed by atoms with Gasteiger partial charge in [-0.3, -0.25) is 14.2 Å². The second-order valence-electron chi connectivity index (χ2n) is 7.90. The molecule has 0 unspecified atom stereocenters. The normalized spacial score (nSPS) is 14.8. The minimum atomic E-state index is -0.666. The predicted octanol–water partition coefficient (Wildman–Crippen LogP) is 4.47. The molecule has 4 aromatic rings. The van der Waals surface area contributed by atoms with E-state index in [4.69, 9.17) is 10.5 Å². The first-order chi connectivity index (χ1) is 16.1. The van der Waals surface area contributed by atoms with Gasteiger partial charge in [-0.2, -0.15) is 0 Å². The molecule has 0 bridgehead atoms. The summed E-state index contributed by atoms with van der Waals surface area (Å²) < 4.78 is 7.24. The fourth-order valence-electron chi connectivity index (χ4n) is 4.33. The van der Waals surface area contributed by atoms with Gasteiger partial charge in [0.15, 0.2) is 5.75 Å². The zero-order valence-corrected chi connectivity index (χ0v) is 18.9. The van der Waals surface area contributed by atoms with Crippen LogP contribution in [0, 0.1) is 0 Å². The van der Waals surface area contributed by atoms with E-state index in [-0.39, 0.29) is 17.2 Å². The Bertz CT molecular complexity index is 1410. The molecule has 0 radical (unpaired) electrons. The fourth-order valence-corrected chi connectivity index (χ4v) is 5.63. The molecule has 166 valence electrons. The lowest BCUT2D eigenvalue weighted by atomic mass is 9.97. The fraction of sp³-hybridized carbons (Fsp3) is 0.154. The van der Waals surface area contributed by atoms with Crippen LogP contribution in [0.15, 0.2) is 82.6 Å². The highest BCUT2D eigenvalue weighted by Crippen LogP contribution is 2.43. The summed E-state index contributed by atoms with van der Waals surface area (Å²) in [7, 11) is 1.57. The molecule has 33 heavy (non-hydrogen) atoms. The monoisotopic (exact) mass is 457 g/mol. The van der Waals surface area contributed by atoms with Gasteiger partial charge in [-0.05, 0) is 28.5 Å². The molecule has 1 aromatic heterocycles. The highest BCUT2D eigenvalue weighted by atomic mass is 32.2. The summed E-state index contributed by atoms with van der Waals surface area (Å²) >= 11 is 1.44. The van der Waals surface area contributed by atoms with E-state index in [2.05, 4.69) is 23.5 Å². The third-order valence-corrected chi connectivity index (χ3v) is 7.08. The molecule has 6 nitrogen and oxygen atoms in total. The van der Waals surface area contributed by atoms with E-state index in [1.54, 1.807) is 7.11 Å². The highest BCUT2D eigenvalue weighted by molar-refractivity contribution is 7.99. The number of thioether (sulfide) groups is 1. The van der Waals surface area contributed by atoms with Gasteiger partial charge in [0.2, 0.25) is 5.91 Å².